The van der Waals surface area contributed by atoms with E-state index in [1.807, 2.05) is 11.8 Å². The Morgan fingerprint density at radius 2 is 1.83 bits per heavy atom. The van der Waals surface area contributed by atoms with Crippen LogP contribution in [0.15, 0.2) is 9.32 Å². The van der Waals surface area contributed by atoms with Crippen LogP contribution in [0.25, 0.3) is 10.9 Å². The van der Waals surface area contributed by atoms with Gasteiger partial charge in [-0.05, 0) is 33.1 Å². The quantitative estimate of drug-likeness (QED) is 0.764. The van der Waals surface area contributed by atoms with Gasteiger partial charge in [0.2, 0.25) is 5.91 Å². The second-order valence-electron chi connectivity index (χ2n) is 8.39. The number of hydrogen-bond acceptors (Lipinski definition) is 6. The highest BCUT2D eigenvalue weighted by Crippen LogP contribution is 2.23. The molecule has 0 spiro atoms. The van der Waals surface area contributed by atoms with Gasteiger partial charge in [0.15, 0.2) is 5.52 Å². The first-order valence-electron chi connectivity index (χ1n) is 10.9. The maximum absolute atomic E-state index is 12.6. The Kier molecular flexibility index (Phi) is 5.99. The van der Waals surface area contributed by atoms with Crippen LogP contribution in [0.5, 0.6) is 0 Å². The van der Waals surface area contributed by atoms with Crippen LogP contribution >= 0.6 is 0 Å². The summed E-state index contributed by atoms with van der Waals surface area (Å²) in [4.78, 5) is 29.7. The minimum Gasteiger partial charge on any atom is -0.360 e. The predicted molar refractivity (Wildman–Crippen MR) is 110 cm³/mol. The average Bonchev–Trinajstić information content (AvgIpc) is 3.14. The minimum absolute atomic E-state index is 0.177. The van der Waals surface area contributed by atoms with Crippen molar-refractivity contribution in [3.63, 3.8) is 0 Å². The number of carbonyl (C=O) groups excluding carboxylic acids is 1. The van der Waals surface area contributed by atoms with E-state index in [2.05, 4.69) is 15.2 Å². The summed E-state index contributed by atoms with van der Waals surface area (Å²) in [6.07, 6.45) is 7.71. The van der Waals surface area contributed by atoms with E-state index < -0.39 is 0 Å². The largest absolute Gasteiger partial charge is 0.360 e. The number of fused-ring (bicyclic) bond motifs is 1. The van der Waals surface area contributed by atoms with Crippen molar-refractivity contribution in [3.8, 4) is 0 Å². The van der Waals surface area contributed by atoms with Crippen molar-refractivity contribution in [1.29, 1.82) is 0 Å². The van der Waals surface area contributed by atoms with Crippen molar-refractivity contribution in [2.75, 3.05) is 26.2 Å². The molecule has 29 heavy (non-hydrogen) atoms. The fourth-order valence-electron chi connectivity index (χ4n) is 4.82. The summed E-state index contributed by atoms with van der Waals surface area (Å²) in [6, 6.07) is 0.720. The lowest BCUT2D eigenvalue weighted by Gasteiger charge is -2.40. The smallest absolute Gasteiger partial charge is 0.296 e. The molecule has 2 aromatic rings. The molecule has 1 saturated carbocycles. The van der Waals surface area contributed by atoms with Crippen molar-refractivity contribution in [1.82, 2.24) is 24.7 Å². The Balaban J connectivity index is 1.28. The first-order valence-corrected chi connectivity index (χ1v) is 10.9. The fourth-order valence-corrected chi connectivity index (χ4v) is 4.82. The molecule has 158 valence electrons. The van der Waals surface area contributed by atoms with Crippen LogP contribution in [0.4, 0.5) is 0 Å². The lowest BCUT2D eigenvalue weighted by molar-refractivity contribution is -0.133. The SMILES string of the molecule is Cc1nn(CCCC(=O)N2CCN(C3CCCCC3)CC2)c(=O)c2noc(C)c12. The monoisotopic (exact) mass is 401 g/mol. The van der Waals surface area contributed by atoms with Gasteiger partial charge >= 0.3 is 0 Å². The van der Waals surface area contributed by atoms with Gasteiger partial charge in [0.25, 0.3) is 5.56 Å². The number of hydrogen-bond donors (Lipinski definition) is 0. The molecule has 1 aliphatic heterocycles. The van der Waals surface area contributed by atoms with E-state index in [0.717, 1.165) is 37.9 Å². The zero-order valence-corrected chi connectivity index (χ0v) is 17.5. The van der Waals surface area contributed by atoms with E-state index in [9.17, 15) is 9.59 Å². The topological polar surface area (TPSA) is 84.5 Å². The molecule has 0 N–H and O–H groups in total. The van der Waals surface area contributed by atoms with Gasteiger partial charge in [-0.2, -0.15) is 5.10 Å². The molecule has 8 heteroatoms. The molecule has 1 amide bonds. The fraction of sp³-hybridized carbons (Fsp3) is 0.714. The number of aromatic nitrogens is 3. The Hall–Kier alpha value is -2.22. The number of amides is 1. The second kappa shape index (κ2) is 8.65. The van der Waals surface area contributed by atoms with Crippen LogP contribution in [-0.2, 0) is 11.3 Å². The third kappa shape index (κ3) is 4.22. The van der Waals surface area contributed by atoms with E-state index in [-0.39, 0.29) is 11.5 Å². The van der Waals surface area contributed by atoms with E-state index in [1.165, 1.54) is 36.8 Å². The van der Waals surface area contributed by atoms with Crippen molar-refractivity contribution < 1.29 is 9.32 Å². The van der Waals surface area contributed by atoms with Crippen LogP contribution < -0.4 is 5.56 Å². The van der Waals surface area contributed by atoms with Crippen molar-refractivity contribution in [3.05, 3.63) is 21.8 Å². The number of rotatable bonds is 5. The summed E-state index contributed by atoms with van der Waals surface area (Å²) >= 11 is 0. The average molecular weight is 402 g/mol. The number of aryl methyl sites for hydroxylation is 3. The number of carbonyl (C=O) groups is 1. The Labute approximate surface area is 170 Å². The highest BCUT2D eigenvalue weighted by atomic mass is 16.5. The van der Waals surface area contributed by atoms with Crippen LogP contribution in [0, 0.1) is 13.8 Å². The molecule has 0 radical (unpaired) electrons. The second-order valence-corrected chi connectivity index (χ2v) is 8.39. The molecular weight excluding hydrogens is 370 g/mol. The van der Waals surface area contributed by atoms with E-state index in [1.54, 1.807) is 6.92 Å². The highest BCUT2D eigenvalue weighted by Gasteiger charge is 2.26. The zero-order chi connectivity index (χ0) is 20.4. The van der Waals surface area contributed by atoms with Gasteiger partial charge in [-0.3, -0.25) is 14.5 Å². The molecule has 0 aromatic carbocycles. The molecule has 3 heterocycles. The molecule has 2 aromatic heterocycles. The molecule has 1 saturated heterocycles. The lowest BCUT2D eigenvalue weighted by atomic mass is 9.94. The van der Waals surface area contributed by atoms with E-state index in [4.69, 9.17) is 4.52 Å². The molecule has 4 rings (SSSR count). The molecule has 0 atom stereocenters. The van der Waals surface area contributed by atoms with Crippen LogP contribution in [0.3, 0.4) is 0 Å². The van der Waals surface area contributed by atoms with Gasteiger partial charge in [-0.1, -0.05) is 24.4 Å². The van der Waals surface area contributed by atoms with Gasteiger partial charge in [-0.25, -0.2) is 4.68 Å². The Morgan fingerprint density at radius 1 is 1.10 bits per heavy atom. The van der Waals surface area contributed by atoms with Crippen LogP contribution in [0.2, 0.25) is 0 Å². The van der Waals surface area contributed by atoms with Gasteiger partial charge < -0.3 is 9.42 Å². The molecule has 2 fully saturated rings. The van der Waals surface area contributed by atoms with Gasteiger partial charge in [0.05, 0.1) is 11.1 Å². The zero-order valence-electron chi connectivity index (χ0n) is 17.5. The number of nitrogens with zero attached hydrogens (tertiary/aromatic N) is 5. The maximum Gasteiger partial charge on any atom is 0.296 e. The van der Waals surface area contributed by atoms with E-state index >= 15 is 0 Å². The van der Waals surface area contributed by atoms with Crippen molar-refractivity contribution in [2.45, 2.75) is 71.4 Å². The Morgan fingerprint density at radius 3 is 2.55 bits per heavy atom. The van der Waals surface area contributed by atoms with E-state index in [0.29, 0.717) is 36.0 Å². The van der Waals surface area contributed by atoms with Crippen molar-refractivity contribution in [2.24, 2.45) is 0 Å². The molecule has 8 nitrogen and oxygen atoms in total. The molecule has 1 aliphatic carbocycles. The number of piperazine rings is 1. The summed E-state index contributed by atoms with van der Waals surface area (Å²) in [7, 11) is 0. The van der Waals surface area contributed by atoms with Crippen LogP contribution in [-0.4, -0.2) is 62.9 Å². The molecule has 0 unspecified atom stereocenters. The summed E-state index contributed by atoms with van der Waals surface area (Å²) < 4.78 is 6.55. The predicted octanol–water partition coefficient (Wildman–Crippen LogP) is 2.26. The lowest BCUT2D eigenvalue weighted by Crippen LogP contribution is -2.52. The third-order valence-electron chi connectivity index (χ3n) is 6.45. The summed E-state index contributed by atoms with van der Waals surface area (Å²) in [5.41, 5.74) is 0.791. The first kappa shape index (κ1) is 20.1. The van der Waals surface area contributed by atoms with Crippen LogP contribution in [0.1, 0.15) is 56.4 Å². The standard InChI is InChI=1S/C21H31N5O3/c1-15-19-16(2)29-23-20(19)21(28)26(22-15)10-6-9-18(27)25-13-11-24(12-14-25)17-7-4-3-5-8-17/h17H,3-14H2,1-2H3. The van der Waals surface area contributed by atoms with Gasteiger partial charge in [0, 0.05) is 45.2 Å². The highest BCUT2D eigenvalue weighted by molar-refractivity contribution is 5.81. The Bertz CT molecular complexity index is 920. The summed E-state index contributed by atoms with van der Waals surface area (Å²) in [5.74, 6) is 0.785. The maximum atomic E-state index is 12.6. The normalized spacial score (nSPS) is 19.2. The third-order valence-corrected chi connectivity index (χ3v) is 6.45. The van der Waals surface area contributed by atoms with Gasteiger partial charge in [-0.15, -0.1) is 0 Å². The minimum atomic E-state index is -0.254. The van der Waals surface area contributed by atoms with Gasteiger partial charge in [0.1, 0.15) is 5.76 Å². The van der Waals surface area contributed by atoms with Crippen molar-refractivity contribution >= 4 is 16.8 Å². The molecule has 2 aliphatic rings. The molecular formula is C21H31N5O3. The summed E-state index contributed by atoms with van der Waals surface area (Å²) in [6.45, 7) is 7.64. The summed E-state index contributed by atoms with van der Waals surface area (Å²) in [5, 5.41) is 8.94. The molecule has 0 bridgehead atoms. The first-order chi connectivity index (χ1) is 14.0.